The molecule has 4 aromatic rings. The minimum atomic E-state index is -3.32. The summed E-state index contributed by atoms with van der Waals surface area (Å²) in [6.07, 6.45) is 1.16. The van der Waals surface area contributed by atoms with Crippen LogP contribution < -0.4 is 5.43 Å². The lowest BCUT2D eigenvalue weighted by Gasteiger charge is -2.13. The topological polar surface area (TPSA) is 51.2 Å². The molecular formula is C22H14Cl2O3S2. The van der Waals surface area contributed by atoms with Crippen molar-refractivity contribution < 1.29 is 8.42 Å². The van der Waals surface area contributed by atoms with E-state index in [4.69, 9.17) is 23.2 Å². The van der Waals surface area contributed by atoms with Gasteiger partial charge in [0.1, 0.15) is 0 Å². The first-order valence-corrected chi connectivity index (χ1v) is 12.0. The van der Waals surface area contributed by atoms with E-state index in [0.29, 0.717) is 31.4 Å². The maximum atomic E-state index is 13.4. The molecule has 0 saturated carbocycles. The number of sulfone groups is 1. The van der Waals surface area contributed by atoms with E-state index in [1.54, 1.807) is 48.5 Å². The molecule has 4 rings (SSSR count). The van der Waals surface area contributed by atoms with Gasteiger partial charge < -0.3 is 0 Å². The van der Waals surface area contributed by atoms with E-state index >= 15 is 0 Å². The molecule has 0 N–H and O–H groups in total. The fraction of sp³-hybridized carbons (Fsp3) is 0.0455. The second-order valence-electron chi connectivity index (χ2n) is 6.55. The van der Waals surface area contributed by atoms with Crippen LogP contribution in [-0.4, -0.2) is 14.7 Å². The first-order valence-electron chi connectivity index (χ1n) is 8.57. The van der Waals surface area contributed by atoms with Gasteiger partial charge in [-0.25, -0.2) is 8.42 Å². The predicted molar refractivity (Wildman–Crippen MR) is 122 cm³/mol. The van der Waals surface area contributed by atoms with Crippen molar-refractivity contribution in [2.75, 3.05) is 6.26 Å². The van der Waals surface area contributed by atoms with Gasteiger partial charge in [-0.05, 0) is 48.0 Å². The minimum Gasteiger partial charge on any atom is -0.288 e. The second kappa shape index (κ2) is 7.58. The lowest BCUT2D eigenvalue weighted by Crippen LogP contribution is -2.06. The highest BCUT2D eigenvalue weighted by molar-refractivity contribution is 7.90. The third-order valence-electron chi connectivity index (χ3n) is 4.54. The van der Waals surface area contributed by atoms with Crippen molar-refractivity contribution >= 4 is 54.5 Å². The molecule has 0 fully saturated rings. The lowest BCUT2D eigenvalue weighted by molar-refractivity contribution is 0.602. The first-order chi connectivity index (χ1) is 13.8. The maximum absolute atomic E-state index is 13.4. The van der Waals surface area contributed by atoms with Gasteiger partial charge in [0, 0.05) is 42.4 Å². The second-order valence-corrected chi connectivity index (χ2v) is 10.5. The quantitative estimate of drug-likeness (QED) is 0.360. The van der Waals surface area contributed by atoms with Gasteiger partial charge >= 0.3 is 0 Å². The monoisotopic (exact) mass is 460 g/mol. The van der Waals surface area contributed by atoms with Gasteiger partial charge in [0.15, 0.2) is 15.3 Å². The van der Waals surface area contributed by atoms with E-state index in [9.17, 15) is 13.2 Å². The van der Waals surface area contributed by atoms with E-state index in [1.165, 1.54) is 11.3 Å². The SMILES string of the molecule is CS(=O)(=O)c1ccc(-c2sc3ccccc3c(=O)c2-c2cc(Cl)ccc2Cl)cc1. The first kappa shape index (κ1) is 20.1. The van der Waals surface area contributed by atoms with Crippen LogP contribution in [0.25, 0.3) is 31.7 Å². The van der Waals surface area contributed by atoms with Gasteiger partial charge in [-0.15, -0.1) is 11.3 Å². The molecule has 0 amide bonds. The molecule has 0 aliphatic heterocycles. The van der Waals surface area contributed by atoms with E-state index in [2.05, 4.69) is 0 Å². The number of benzene rings is 3. The number of fused-ring (bicyclic) bond motifs is 1. The van der Waals surface area contributed by atoms with Gasteiger partial charge in [0.05, 0.1) is 4.90 Å². The Morgan fingerprint density at radius 1 is 0.897 bits per heavy atom. The lowest BCUT2D eigenvalue weighted by atomic mass is 10.0. The molecule has 0 unspecified atom stereocenters. The molecule has 0 aliphatic carbocycles. The molecule has 3 nitrogen and oxygen atoms in total. The highest BCUT2D eigenvalue weighted by atomic mass is 35.5. The number of hydrogen-bond donors (Lipinski definition) is 0. The van der Waals surface area contributed by atoms with Crippen LogP contribution >= 0.6 is 34.5 Å². The Kier molecular flexibility index (Phi) is 5.25. The summed E-state index contributed by atoms with van der Waals surface area (Å²) >= 11 is 14.1. The Balaban J connectivity index is 2.08. The zero-order valence-electron chi connectivity index (χ0n) is 15.1. The number of rotatable bonds is 3. The summed E-state index contributed by atoms with van der Waals surface area (Å²) in [5.74, 6) is 0. The van der Waals surface area contributed by atoms with Crippen molar-refractivity contribution in [1.82, 2.24) is 0 Å². The molecule has 3 aromatic carbocycles. The van der Waals surface area contributed by atoms with Crippen LogP contribution in [0.2, 0.25) is 10.0 Å². The Labute approximate surface area is 182 Å². The van der Waals surface area contributed by atoms with E-state index in [-0.39, 0.29) is 10.3 Å². The van der Waals surface area contributed by atoms with Crippen LogP contribution in [-0.2, 0) is 9.84 Å². The van der Waals surface area contributed by atoms with Crippen molar-refractivity contribution in [3.8, 4) is 21.6 Å². The van der Waals surface area contributed by atoms with Crippen molar-refractivity contribution in [1.29, 1.82) is 0 Å². The highest BCUT2D eigenvalue weighted by Gasteiger charge is 2.19. The van der Waals surface area contributed by atoms with Crippen LogP contribution in [0, 0.1) is 0 Å². The Bertz CT molecular complexity index is 1410. The molecule has 0 radical (unpaired) electrons. The third-order valence-corrected chi connectivity index (χ3v) is 7.45. The Hall–Kier alpha value is -2.18. The molecule has 7 heteroatoms. The molecule has 1 heterocycles. The van der Waals surface area contributed by atoms with Crippen molar-refractivity contribution in [2.45, 2.75) is 4.90 Å². The average Bonchev–Trinajstić information content (AvgIpc) is 2.69. The summed E-state index contributed by atoms with van der Waals surface area (Å²) in [5, 5.41) is 1.49. The molecule has 1 aromatic heterocycles. The molecule has 0 bridgehead atoms. The van der Waals surface area contributed by atoms with Crippen LogP contribution in [0.4, 0.5) is 0 Å². The van der Waals surface area contributed by atoms with Crippen molar-refractivity contribution in [3.63, 3.8) is 0 Å². The minimum absolute atomic E-state index is 0.147. The third kappa shape index (κ3) is 3.83. The van der Waals surface area contributed by atoms with Gasteiger partial charge in [0.2, 0.25) is 0 Å². The van der Waals surface area contributed by atoms with E-state index in [1.807, 2.05) is 18.2 Å². The molecular weight excluding hydrogens is 447 g/mol. The normalized spacial score (nSPS) is 11.7. The van der Waals surface area contributed by atoms with Crippen LogP contribution in [0.5, 0.6) is 0 Å². The molecule has 29 heavy (non-hydrogen) atoms. The highest BCUT2D eigenvalue weighted by Crippen LogP contribution is 2.40. The van der Waals surface area contributed by atoms with Crippen LogP contribution in [0.3, 0.4) is 0 Å². The summed E-state index contributed by atoms with van der Waals surface area (Å²) in [6.45, 7) is 0. The number of hydrogen-bond acceptors (Lipinski definition) is 4. The zero-order valence-corrected chi connectivity index (χ0v) is 18.3. The fourth-order valence-electron chi connectivity index (χ4n) is 3.13. The summed E-state index contributed by atoms with van der Waals surface area (Å²) in [7, 11) is -3.32. The smallest absolute Gasteiger partial charge is 0.196 e. The van der Waals surface area contributed by atoms with Crippen molar-refractivity contribution in [3.05, 3.63) is 87.0 Å². The van der Waals surface area contributed by atoms with E-state index < -0.39 is 9.84 Å². The Morgan fingerprint density at radius 2 is 1.59 bits per heavy atom. The molecule has 0 aliphatic rings. The summed E-state index contributed by atoms with van der Waals surface area (Å²) in [4.78, 5) is 14.3. The van der Waals surface area contributed by atoms with Gasteiger partial charge in [0.25, 0.3) is 0 Å². The predicted octanol–water partition coefficient (Wildman–Crippen LogP) is 6.31. The summed E-state index contributed by atoms with van der Waals surface area (Å²) in [5.41, 5.74) is 1.59. The average molecular weight is 461 g/mol. The maximum Gasteiger partial charge on any atom is 0.196 e. The van der Waals surface area contributed by atoms with E-state index in [0.717, 1.165) is 16.5 Å². The van der Waals surface area contributed by atoms with Crippen LogP contribution in [0.15, 0.2) is 76.4 Å². The Morgan fingerprint density at radius 3 is 2.28 bits per heavy atom. The molecule has 0 atom stereocenters. The largest absolute Gasteiger partial charge is 0.288 e. The van der Waals surface area contributed by atoms with Crippen molar-refractivity contribution in [2.24, 2.45) is 0 Å². The van der Waals surface area contributed by atoms with Gasteiger partial charge in [-0.1, -0.05) is 47.5 Å². The summed E-state index contributed by atoms with van der Waals surface area (Å²) in [6, 6.07) is 18.9. The van der Waals surface area contributed by atoms with Gasteiger partial charge in [-0.3, -0.25) is 4.79 Å². The zero-order chi connectivity index (χ0) is 20.8. The van der Waals surface area contributed by atoms with Crippen LogP contribution in [0.1, 0.15) is 0 Å². The standard InChI is InChI=1S/C22H14Cl2O3S2/c1-29(26,27)15-9-6-13(7-10-15)22-20(17-12-14(23)8-11-18(17)24)21(25)16-4-2-3-5-19(16)28-22/h2-12H,1H3. The molecule has 146 valence electrons. The summed E-state index contributed by atoms with van der Waals surface area (Å²) < 4.78 is 24.4. The molecule has 0 saturated heterocycles. The fourth-order valence-corrected chi connectivity index (χ4v) is 5.34. The molecule has 0 spiro atoms. The van der Waals surface area contributed by atoms with Gasteiger partial charge in [-0.2, -0.15) is 0 Å². The number of halogens is 2.